The third-order valence-electron chi connectivity index (χ3n) is 4.33. The van der Waals surface area contributed by atoms with Gasteiger partial charge in [0.1, 0.15) is 0 Å². The van der Waals surface area contributed by atoms with Crippen molar-refractivity contribution in [2.45, 2.75) is 52.1 Å². The number of piperidine rings is 1. The summed E-state index contributed by atoms with van der Waals surface area (Å²) >= 11 is 1.88. The van der Waals surface area contributed by atoms with Crippen molar-refractivity contribution in [2.75, 3.05) is 19.6 Å². The van der Waals surface area contributed by atoms with Crippen LogP contribution < -0.4 is 5.32 Å². The fourth-order valence-electron chi connectivity index (χ4n) is 2.86. The van der Waals surface area contributed by atoms with Crippen molar-refractivity contribution < 1.29 is 19.8 Å². The van der Waals surface area contributed by atoms with Crippen molar-refractivity contribution >= 4 is 23.3 Å². The molecule has 1 aromatic heterocycles. The highest BCUT2D eigenvalue weighted by Gasteiger charge is 2.21. The van der Waals surface area contributed by atoms with Gasteiger partial charge in [0, 0.05) is 29.6 Å². The molecule has 26 heavy (non-hydrogen) atoms. The zero-order valence-electron chi connectivity index (χ0n) is 15.6. The van der Waals surface area contributed by atoms with Crippen LogP contribution in [0.15, 0.2) is 23.6 Å². The van der Waals surface area contributed by atoms with E-state index in [9.17, 15) is 9.59 Å². The quantitative estimate of drug-likeness (QED) is 0.599. The minimum absolute atomic E-state index is 0.558. The Hall–Kier alpha value is -1.70. The molecular weight excluding hydrogens is 352 g/mol. The van der Waals surface area contributed by atoms with Gasteiger partial charge in [-0.1, -0.05) is 13.3 Å². The zero-order valence-corrected chi connectivity index (χ0v) is 16.4. The summed E-state index contributed by atoms with van der Waals surface area (Å²) in [6.45, 7) is 9.33. The van der Waals surface area contributed by atoms with E-state index in [2.05, 4.69) is 35.5 Å². The van der Waals surface area contributed by atoms with Crippen molar-refractivity contribution in [1.82, 2.24) is 10.2 Å². The first-order chi connectivity index (χ1) is 12.4. The van der Waals surface area contributed by atoms with Crippen molar-refractivity contribution in [3.05, 3.63) is 34.0 Å². The molecule has 0 atom stereocenters. The lowest BCUT2D eigenvalue weighted by molar-refractivity contribution is -0.134. The number of aliphatic carboxylic acids is 2. The smallest absolute Gasteiger partial charge is 0.328 e. The highest BCUT2D eigenvalue weighted by Crippen LogP contribution is 2.21. The molecule has 2 rings (SSSR count). The van der Waals surface area contributed by atoms with Crippen LogP contribution in [0.4, 0.5) is 0 Å². The second kappa shape index (κ2) is 12.6. The molecule has 1 aliphatic rings. The molecule has 146 valence electrons. The molecule has 0 aliphatic carbocycles. The molecule has 0 bridgehead atoms. The lowest BCUT2D eigenvalue weighted by atomic mass is 10.0. The molecule has 1 fully saturated rings. The third-order valence-corrected chi connectivity index (χ3v) is 5.22. The third kappa shape index (κ3) is 9.12. The Morgan fingerprint density at radius 2 is 1.88 bits per heavy atom. The molecular formula is C19H30N2O4S. The molecule has 0 aromatic carbocycles. The Morgan fingerprint density at radius 1 is 1.27 bits per heavy atom. The maximum atomic E-state index is 9.55. The van der Waals surface area contributed by atoms with Crippen LogP contribution in [0.3, 0.4) is 0 Å². The molecule has 0 amide bonds. The van der Waals surface area contributed by atoms with E-state index in [0.717, 1.165) is 12.6 Å². The van der Waals surface area contributed by atoms with E-state index in [1.54, 1.807) is 0 Å². The van der Waals surface area contributed by atoms with Gasteiger partial charge >= 0.3 is 11.9 Å². The first-order valence-electron chi connectivity index (χ1n) is 9.05. The van der Waals surface area contributed by atoms with Crippen molar-refractivity contribution in [1.29, 1.82) is 0 Å². The van der Waals surface area contributed by atoms with E-state index >= 15 is 0 Å². The molecule has 0 radical (unpaired) electrons. The van der Waals surface area contributed by atoms with Crippen molar-refractivity contribution in [3.63, 3.8) is 0 Å². The summed E-state index contributed by atoms with van der Waals surface area (Å²) in [6.07, 6.45) is 6.36. The Bertz CT molecular complexity index is 564. The van der Waals surface area contributed by atoms with E-state index in [0.29, 0.717) is 12.2 Å². The predicted molar refractivity (Wildman–Crippen MR) is 105 cm³/mol. The van der Waals surface area contributed by atoms with Gasteiger partial charge < -0.3 is 15.5 Å². The lowest BCUT2D eigenvalue weighted by Crippen LogP contribution is -2.43. The average Bonchev–Trinajstić information content (AvgIpc) is 3.03. The second-order valence-corrected chi connectivity index (χ2v) is 7.44. The van der Waals surface area contributed by atoms with Crippen molar-refractivity contribution in [3.8, 4) is 0 Å². The number of carboxylic acid groups (broad SMARTS) is 2. The van der Waals surface area contributed by atoms with Gasteiger partial charge in [-0.15, -0.1) is 11.3 Å². The Morgan fingerprint density at radius 3 is 2.35 bits per heavy atom. The second-order valence-electron chi connectivity index (χ2n) is 6.32. The summed E-state index contributed by atoms with van der Waals surface area (Å²) < 4.78 is 0. The Kier molecular flexibility index (Phi) is 10.8. The normalized spacial score (nSPS) is 15.0. The fourth-order valence-corrected chi connectivity index (χ4v) is 3.58. The van der Waals surface area contributed by atoms with Gasteiger partial charge in [0.25, 0.3) is 0 Å². The average molecular weight is 383 g/mol. The predicted octanol–water partition coefficient (Wildman–Crippen LogP) is 3.12. The summed E-state index contributed by atoms with van der Waals surface area (Å²) in [5.41, 5.74) is 1.54. The van der Waals surface area contributed by atoms with Gasteiger partial charge in [0.2, 0.25) is 0 Å². The van der Waals surface area contributed by atoms with Gasteiger partial charge in [0.05, 0.1) is 0 Å². The summed E-state index contributed by atoms with van der Waals surface area (Å²) in [5.74, 6) is -2.51. The molecule has 1 aliphatic heterocycles. The summed E-state index contributed by atoms with van der Waals surface area (Å²) in [7, 11) is 0. The van der Waals surface area contributed by atoms with Gasteiger partial charge in [0.15, 0.2) is 0 Å². The van der Waals surface area contributed by atoms with Crippen LogP contribution in [0, 0.1) is 6.92 Å². The maximum absolute atomic E-state index is 9.55. The highest BCUT2D eigenvalue weighted by molar-refractivity contribution is 7.10. The first kappa shape index (κ1) is 22.3. The number of nitrogens with one attached hydrogen (secondary N) is 1. The number of aryl methyl sites for hydroxylation is 1. The summed E-state index contributed by atoms with van der Waals surface area (Å²) in [6, 6.07) is 3.09. The van der Waals surface area contributed by atoms with Crippen LogP contribution >= 0.6 is 11.3 Å². The molecule has 0 spiro atoms. The molecule has 0 unspecified atom stereocenters. The minimum atomic E-state index is -1.26. The van der Waals surface area contributed by atoms with Crippen LogP contribution in [-0.2, 0) is 16.1 Å². The highest BCUT2D eigenvalue weighted by atomic mass is 32.1. The van der Waals surface area contributed by atoms with Crippen LogP contribution in [-0.4, -0.2) is 52.7 Å². The molecule has 7 heteroatoms. The van der Waals surface area contributed by atoms with Crippen LogP contribution in [0.1, 0.15) is 43.0 Å². The Labute approximate surface area is 159 Å². The van der Waals surface area contributed by atoms with E-state index in [1.165, 1.54) is 55.8 Å². The summed E-state index contributed by atoms with van der Waals surface area (Å²) in [5, 5.41) is 21.3. The monoisotopic (exact) mass is 382 g/mol. The largest absolute Gasteiger partial charge is 0.478 e. The van der Waals surface area contributed by atoms with Crippen LogP contribution in [0.5, 0.6) is 0 Å². The number of carboxylic acids is 2. The molecule has 1 aromatic rings. The Balaban J connectivity index is 0.000000359. The van der Waals surface area contributed by atoms with Gasteiger partial charge in [-0.05, 0) is 62.8 Å². The number of nitrogens with zero attached hydrogens (tertiary/aromatic N) is 1. The van der Waals surface area contributed by atoms with E-state index in [-0.39, 0.29) is 0 Å². The van der Waals surface area contributed by atoms with Gasteiger partial charge in [-0.2, -0.15) is 0 Å². The summed E-state index contributed by atoms with van der Waals surface area (Å²) in [4.78, 5) is 23.3. The van der Waals surface area contributed by atoms with E-state index in [1.807, 2.05) is 11.3 Å². The van der Waals surface area contributed by atoms with E-state index in [4.69, 9.17) is 10.2 Å². The number of unbranched alkanes of at least 4 members (excludes halogenated alkanes) is 1. The van der Waals surface area contributed by atoms with Gasteiger partial charge in [-0.25, -0.2) is 9.59 Å². The van der Waals surface area contributed by atoms with Gasteiger partial charge in [-0.3, -0.25) is 4.90 Å². The first-order valence-corrected chi connectivity index (χ1v) is 9.93. The number of hydrogen-bond acceptors (Lipinski definition) is 5. The van der Waals surface area contributed by atoms with Crippen LogP contribution in [0.25, 0.3) is 0 Å². The maximum Gasteiger partial charge on any atom is 0.328 e. The lowest BCUT2D eigenvalue weighted by Gasteiger charge is -2.34. The molecule has 3 N–H and O–H groups in total. The van der Waals surface area contributed by atoms with Crippen LogP contribution in [0.2, 0.25) is 0 Å². The topological polar surface area (TPSA) is 89.9 Å². The number of hydrogen-bond donors (Lipinski definition) is 3. The molecule has 0 saturated carbocycles. The van der Waals surface area contributed by atoms with E-state index < -0.39 is 11.9 Å². The SMILES string of the molecule is CCCCN(Cc1ccsc1C)C1CCNCC1.O=C(O)C=CC(=O)O. The molecule has 6 nitrogen and oxygen atoms in total. The molecule has 2 heterocycles. The number of thiophene rings is 1. The number of rotatable bonds is 8. The minimum Gasteiger partial charge on any atom is -0.478 e. The standard InChI is InChI=1S/C15H26N2S.C4H4O4/c1-3-4-10-17(15-5-8-16-9-6-15)12-14-7-11-18-13(14)2;5-3(6)1-2-4(7)8/h7,11,15-16H,3-6,8-10,12H2,1-2H3;1-2H,(H,5,6)(H,7,8). The molecule has 1 saturated heterocycles. The van der Waals surface area contributed by atoms with Crippen molar-refractivity contribution in [2.24, 2.45) is 0 Å². The number of carbonyl (C=O) groups is 2. The fraction of sp³-hybridized carbons (Fsp3) is 0.579. The zero-order chi connectivity index (χ0) is 19.4.